The lowest BCUT2D eigenvalue weighted by molar-refractivity contribution is 0.177. The van der Waals surface area contributed by atoms with Crippen LogP contribution in [0.4, 0.5) is 0 Å². The average molecular weight is 289 g/mol. The van der Waals surface area contributed by atoms with Crippen molar-refractivity contribution in [2.45, 2.75) is 39.0 Å². The van der Waals surface area contributed by atoms with Crippen LogP contribution in [0.25, 0.3) is 5.65 Å². The summed E-state index contributed by atoms with van der Waals surface area (Å²) in [5, 5.41) is 4.26. The number of nitrogens with zero attached hydrogens (tertiary/aromatic N) is 5. The van der Waals surface area contributed by atoms with Gasteiger partial charge in [0.15, 0.2) is 5.65 Å². The Kier molecular flexibility index (Phi) is 4.34. The fraction of sp³-hybridized carbons (Fsp3) is 0.667. The highest BCUT2D eigenvalue weighted by molar-refractivity contribution is 5.47. The van der Waals surface area contributed by atoms with Crippen LogP contribution in [0.1, 0.15) is 44.6 Å². The third-order valence-electron chi connectivity index (χ3n) is 3.98. The van der Waals surface area contributed by atoms with Gasteiger partial charge in [-0.15, -0.1) is 0 Å². The number of rotatable bonds is 5. The molecule has 2 aromatic rings. The van der Waals surface area contributed by atoms with Gasteiger partial charge in [-0.3, -0.25) is 4.90 Å². The zero-order valence-corrected chi connectivity index (χ0v) is 12.8. The monoisotopic (exact) mass is 289 g/mol. The number of likely N-dealkylation sites (tertiary alicyclic amines) is 1. The molecule has 1 aliphatic rings. The average Bonchev–Trinajstić information content (AvgIpc) is 2.92. The quantitative estimate of drug-likeness (QED) is 0.844. The molecule has 0 radical (unpaired) electrons. The van der Waals surface area contributed by atoms with Crippen molar-refractivity contribution in [3.05, 3.63) is 18.1 Å². The van der Waals surface area contributed by atoms with E-state index < -0.39 is 0 Å². The van der Waals surface area contributed by atoms with Crippen molar-refractivity contribution in [3.8, 4) is 6.01 Å². The van der Waals surface area contributed by atoms with E-state index in [4.69, 9.17) is 4.74 Å². The van der Waals surface area contributed by atoms with E-state index in [-0.39, 0.29) is 0 Å². The zero-order chi connectivity index (χ0) is 14.7. The standard InChI is InChI=1S/C15H23N5O/c1-12(2)13-10-17-20-11-16-15(18-14(13)20)21-9-8-19-6-4-3-5-7-19/h10-12H,3-9H2,1-2H3. The molecule has 2 aromatic heterocycles. The van der Waals surface area contributed by atoms with E-state index in [9.17, 15) is 0 Å². The molecule has 6 nitrogen and oxygen atoms in total. The summed E-state index contributed by atoms with van der Waals surface area (Å²) in [7, 11) is 0. The van der Waals surface area contributed by atoms with Gasteiger partial charge >= 0.3 is 6.01 Å². The van der Waals surface area contributed by atoms with Crippen molar-refractivity contribution in [1.82, 2.24) is 24.5 Å². The molecule has 1 fully saturated rings. The molecule has 1 aliphatic heterocycles. The van der Waals surface area contributed by atoms with Crippen LogP contribution >= 0.6 is 0 Å². The Balaban J connectivity index is 1.62. The van der Waals surface area contributed by atoms with Crippen LogP contribution in [-0.4, -0.2) is 50.7 Å². The van der Waals surface area contributed by atoms with Crippen LogP contribution in [-0.2, 0) is 0 Å². The lowest BCUT2D eigenvalue weighted by Crippen LogP contribution is -2.33. The normalized spacial score (nSPS) is 16.7. The van der Waals surface area contributed by atoms with Crippen LogP contribution in [0, 0.1) is 0 Å². The maximum absolute atomic E-state index is 5.72. The second-order valence-corrected chi connectivity index (χ2v) is 5.91. The molecule has 0 atom stereocenters. The number of piperidine rings is 1. The zero-order valence-electron chi connectivity index (χ0n) is 12.8. The Morgan fingerprint density at radius 1 is 1.24 bits per heavy atom. The highest BCUT2D eigenvalue weighted by Gasteiger charge is 2.12. The van der Waals surface area contributed by atoms with E-state index in [1.807, 2.05) is 6.20 Å². The van der Waals surface area contributed by atoms with Crippen LogP contribution in [0.2, 0.25) is 0 Å². The first-order valence-corrected chi connectivity index (χ1v) is 7.79. The lowest BCUT2D eigenvalue weighted by atomic mass is 10.1. The molecule has 0 spiro atoms. The van der Waals surface area contributed by atoms with Crippen LogP contribution in [0.3, 0.4) is 0 Å². The molecule has 0 aliphatic carbocycles. The third kappa shape index (κ3) is 3.32. The van der Waals surface area contributed by atoms with Crippen molar-refractivity contribution in [1.29, 1.82) is 0 Å². The van der Waals surface area contributed by atoms with Crippen molar-refractivity contribution in [2.24, 2.45) is 0 Å². The Bertz CT molecular complexity index is 589. The second-order valence-electron chi connectivity index (χ2n) is 5.91. The topological polar surface area (TPSA) is 55.6 Å². The van der Waals surface area contributed by atoms with Crippen molar-refractivity contribution >= 4 is 5.65 Å². The smallest absolute Gasteiger partial charge is 0.319 e. The SMILES string of the molecule is CC(C)c1cnn2cnc(OCCN3CCCCC3)nc12. The van der Waals surface area contributed by atoms with Gasteiger partial charge in [-0.25, -0.2) is 4.52 Å². The summed E-state index contributed by atoms with van der Waals surface area (Å²) in [5.41, 5.74) is 1.96. The largest absolute Gasteiger partial charge is 0.462 e. The summed E-state index contributed by atoms with van der Waals surface area (Å²) < 4.78 is 7.42. The Morgan fingerprint density at radius 3 is 2.81 bits per heavy atom. The van der Waals surface area contributed by atoms with E-state index in [1.54, 1.807) is 10.8 Å². The molecule has 21 heavy (non-hydrogen) atoms. The van der Waals surface area contributed by atoms with Crippen LogP contribution in [0.15, 0.2) is 12.5 Å². The Morgan fingerprint density at radius 2 is 2.05 bits per heavy atom. The first-order chi connectivity index (χ1) is 10.2. The van der Waals surface area contributed by atoms with E-state index in [0.717, 1.165) is 17.8 Å². The van der Waals surface area contributed by atoms with Crippen molar-refractivity contribution in [2.75, 3.05) is 26.2 Å². The van der Waals surface area contributed by atoms with Gasteiger partial charge in [0.2, 0.25) is 0 Å². The molecule has 0 N–H and O–H groups in total. The molecule has 0 aromatic carbocycles. The molecule has 0 saturated carbocycles. The fourth-order valence-electron chi connectivity index (χ4n) is 2.72. The summed E-state index contributed by atoms with van der Waals surface area (Å²) in [6.45, 7) is 8.23. The van der Waals surface area contributed by atoms with Crippen LogP contribution < -0.4 is 4.74 Å². The highest BCUT2D eigenvalue weighted by Crippen LogP contribution is 2.19. The molecule has 0 unspecified atom stereocenters. The third-order valence-corrected chi connectivity index (χ3v) is 3.98. The van der Waals surface area contributed by atoms with E-state index >= 15 is 0 Å². The maximum Gasteiger partial charge on any atom is 0.319 e. The second kappa shape index (κ2) is 6.39. The van der Waals surface area contributed by atoms with Gasteiger partial charge in [0.25, 0.3) is 0 Å². The van der Waals surface area contributed by atoms with E-state index in [1.165, 1.54) is 32.4 Å². The number of hydrogen-bond donors (Lipinski definition) is 0. The molecular weight excluding hydrogens is 266 g/mol. The summed E-state index contributed by atoms with van der Waals surface area (Å²) in [6, 6.07) is 0.446. The van der Waals surface area contributed by atoms with Gasteiger partial charge in [-0.1, -0.05) is 20.3 Å². The Labute approximate surface area is 125 Å². The van der Waals surface area contributed by atoms with E-state index in [2.05, 4.69) is 33.8 Å². The van der Waals surface area contributed by atoms with E-state index in [0.29, 0.717) is 18.5 Å². The first-order valence-electron chi connectivity index (χ1n) is 7.79. The summed E-state index contributed by atoms with van der Waals surface area (Å²) in [4.78, 5) is 11.1. The molecule has 1 saturated heterocycles. The predicted octanol–water partition coefficient (Wildman–Crippen LogP) is 2.11. The Hall–Kier alpha value is -1.69. The van der Waals surface area contributed by atoms with Gasteiger partial charge < -0.3 is 4.74 Å². The fourth-order valence-corrected chi connectivity index (χ4v) is 2.72. The first kappa shape index (κ1) is 14.3. The highest BCUT2D eigenvalue weighted by atomic mass is 16.5. The molecular formula is C15H23N5O. The molecule has 6 heteroatoms. The van der Waals surface area contributed by atoms with Crippen molar-refractivity contribution in [3.63, 3.8) is 0 Å². The summed E-state index contributed by atoms with van der Waals surface area (Å²) in [5.74, 6) is 0.388. The number of aromatic nitrogens is 4. The molecule has 0 amide bonds. The van der Waals surface area contributed by atoms with Gasteiger partial charge in [0.05, 0.1) is 6.20 Å². The number of ether oxygens (including phenoxy) is 1. The minimum absolute atomic E-state index is 0.388. The summed E-state index contributed by atoms with van der Waals surface area (Å²) >= 11 is 0. The molecule has 0 bridgehead atoms. The molecule has 3 heterocycles. The van der Waals surface area contributed by atoms with Gasteiger partial charge in [-0.2, -0.15) is 15.1 Å². The molecule has 3 rings (SSSR count). The number of hydrogen-bond acceptors (Lipinski definition) is 5. The number of fused-ring (bicyclic) bond motifs is 1. The molecule has 114 valence electrons. The predicted molar refractivity (Wildman–Crippen MR) is 80.7 cm³/mol. The maximum atomic E-state index is 5.72. The summed E-state index contributed by atoms with van der Waals surface area (Å²) in [6.07, 6.45) is 7.49. The van der Waals surface area contributed by atoms with Gasteiger partial charge in [0.1, 0.15) is 12.9 Å². The van der Waals surface area contributed by atoms with Crippen molar-refractivity contribution < 1.29 is 4.74 Å². The minimum atomic E-state index is 0.388. The van der Waals surface area contributed by atoms with Crippen LogP contribution in [0.5, 0.6) is 6.01 Å². The lowest BCUT2D eigenvalue weighted by Gasteiger charge is -2.25. The minimum Gasteiger partial charge on any atom is -0.462 e. The van der Waals surface area contributed by atoms with Gasteiger partial charge in [-0.05, 0) is 31.8 Å². The van der Waals surface area contributed by atoms with Gasteiger partial charge in [0, 0.05) is 12.1 Å².